The van der Waals surface area contributed by atoms with Gasteiger partial charge in [0.25, 0.3) is 0 Å². The van der Waals surface area contributed by atoms with Gasteiger partial charge in [0.15, 0.2) is 6.61 Å². The first-order valence-corrected chi connectivity index (χ1v) is 10.4. The molecular formula is C22H23FN2O4S. The van der Waals surface area contributed by atoms with Gasteiger partial charge in [0.1, 0.15) is 5.82 Å². The van der Waals surface area contributed by atoms with Gasteiger partial charge in [0.2, 0.25) is 5.78 Å². The maximum absolute atomic E-state index is 13.1. The van der Waals surface area contributed by atoms with Crippen molar-refractivity contribution in [3.8, 4) is 0 Å². The second kappa shape index (κ2) is 9.21. The van der Waals surface area contributed by atoms with Crippen LogP contribution in [0.5, 0.6) is 0 Å². The van der Waals surface area contributed by atoms with Crippen molar-refractivity contribution >= 4 is 23.1 Å². The number of rotatable bonds is 8. The minimum absolute atomic E-state index is 0.0222. The van der Waals surface area contributed by atoms with E-state index in [1.165, 1.54) is 16.7 Å². The Morgan fingerprint density at radius 3 is 2.40 bits per heavy atom. The maximum Gasteiger partial charge on any atom is 0.308 e. The van der Waals surface area contributed by atoms with Crippen LogP contribution in [-0.4, -0.2) is 27.5 Å². The summed E-state index contributed by atoms with van der Waals surface area (Å²) in [5.74, 6) is -1.11. The molecule has 0 spiro atoms. The molecule has 30 heavy (non-hydrogen) atoms. The molecule has 0 aliphatic heterocycles. The number of Topliss-reactive ketones (excluding diaryl/α,β-unsaturated/α-hetero) is 1. The van der Waals surface area contributed by atoms with Crippen molar-refractivity contribution in [1.82, 2.24) is 9.13 Å². The van der Waals surface area contributed by atoms with Crippen molar-refractivity contribution in [3.05, 3.63) is 79.4 Å². The Kier molecular flexibility index (Phi) is 6.66. The van der Waals surface area contributed by atoms with Crippen molar-refractivity contribution in [2.75, 3.05) is 6.61 Å². The number of ketones is 1. The minimum atomic E-state index is -0.527. The van der Waals surface area contributed by atoms with Crippen molar-refractivity contribution in [2.24, 2.45) is 0 Å². The average Bonchev–Trinajstić information content (AvgIpc) is 3.19. The molecule has 3 rings (SSSR count). The van der Waals surface area contributed by atoms with Crippen molar-refractivity contribution < 1.29 is 18.7 Å². The number of halogens is 1. The van der Waals surface area contributed by atoms with Crippen LogP contribution in [0, 0.1) is 26.6 Å². The number of aryl methyl sites for hydroxylation is 2. The zero-order valence-electron chi connectivity index (χ0n) is 17.1. The predicted octanol–water partition coefficient (Wildman–Crippen LogP) is 3.64. The Balaban J connectivity index is 1.59. The second-order valence-electron chi connectivity index (χ2n) is 7.13. The van der Waals surface area contributed by atoms with Gasteiger partial charge in [-0.25, -0.2) is 4.39 Å². The molecule has 0 N–H and O–H groups in total. The molecule has 8 heteroatoms. The van der Waals surface area contributed by atoms with E-state index in [0.29, 0.717) is 12.1 Å². The summed E-state index contributed by atoms with van der Waals surface area (Å²) < 4.78 is 21.7. The first-order chi connectivity index (χ1) is 14.3. The molecule has 0 saturated carbocycles. The molecule has 158 valence electrons. The van der Waals surface area contributed by atoms with Crippen LogP contribution < -0.4 is 4.87 Å². The number of ether oxygens (including phenoxy) is 1. The summed E-state index contributed by atoms with van der Waals surface area (Å²) in [5, 5.41) is 1.74. The Morgan fingerprint density at radius 1 is 1.07 bits per heavy atom. The van der Waals surface area contributed by atoms with Crippen LogP contribution >= 0.6 is 11.3 Å². The number of benzene rings is 1. The fourth-order valence-electron chi connectivity index (χ4n) is 3.27. The van der Waals surface area contributed by atoms with E-state index in [1.54, 1.807) is 30.5 Å². The van der Waals surface area contributed by atoms with Crippen molar-refractivity contribution in [1.29, 1.82) is 0 Å². The van der Waals surface area contributed by atoms with Crippen LogP contribution in [0.4, 0.5) is 4.39 Å². The topological polar surface area (TPSA) is 70.3 Å². The lowest BCUT2D eigenvalue weighted by Crippen LogP contribution is -2.20. The summed E-state index contributed by atoms with van der Waals surface area (Å²) >= 11 is 1.08. The number of esters is 1. The number of hydrogen-bond donors (Lipinski definition) is 0. The van der Waals surface area contributed by atoms with Gasteiger partial charge in [-0.1, -0.05) is 23.5 Å². The highest BCUT2D eigenvalue weighted by atomic mass is 32.1. The fraction of sp³-hybridized carbons (Fsp3) is 0.318. The zero-order valence-corrected chi connectivity index (χ0v) is 17.9. The molecular weight excluding hydrogens is 407 g/mol. The first-order valence-electron chi connectivity index (χ1n) is 9.51. The fourth-order valence-corrected chi connectivity index (χ4v) is 4.03. The molecule has 1 aromatic carbocycles. The van der Waals surface area contributed by atoms with Crippen LogP contribution in [0.2, 0.25) is 0 Å². The smallest absolute Gasteiger partial charge is 0.308 e. The highest BCUT2D eigenvalue weighted by Gasteiger charge is 2.18. The van der Waals surface area contributed by atoms with Gasteiger partial charge in [-0.15, -0.1) is 0 Å². The SMILES string of the molecule is Cc1cc(C(=O)COC(=O)CCn2c(C)csc2=O)c(C)n1Cc1ccc(F)cc1. The molecule has 0 atom stereocenters. The molecule has 0 radical (unpaired) electrons. The van der Waals surface area contributed by atoms with Crippen LogP contribution in [0.25, 0.3) is 0 Å². The van der Waals surface area contributed by atoms with E-state index in [0.717, 1.165) is 34.0 Å². The molecule has 2 heterocycles. The standard InChI is InChI=1S/C22H23FN2O4S/c1-14-10-19(16(3)25(14)11-17-4-6-18(23)7-5-17)20(26)12-29-21(27)8-9-24-15(2)13-30-22(24)28/h4-7,10,13H,8-9,11-12H2,1-3H3. The van der Waals surface area contributed by atoms with Crippen molar-refractivity contribution in [3.63, 3.8) is 0 Å². The third-order valence-electron chi connectivity index (χ3n) is 5.01. The Hall–Kier alpha value is -3.00. The minimum Gasteiger partial charge on any atom is -0.457 e. The van der Waals surface area contributed by atoms with Crippen LogP contribution in [0.3, 0.4) is 0 Å². The summed E-state index contributed by atoms with van der Waals surface area (Å²) in [6.07, 6.45) is 0.0222. The predicted molar refractivity (Wildman–Crippen MR) is 113 cm³/mol. The lowest BCUT2D eigenvalue weighted by Gasteiger charge is -2.10. The average molecular weight is 431 g/mol. The van der Waals surface area contributed by atoms with E-state index < -0.39 is 5.97 Å². The maximum atomic E-state index is 13.1. The number of nitrogens with zero attached hydrogens (tertiary/aromatic N) is 2. The van der Waals surface area contributed by atoms with Crippen molar-refractivity contribution in [2.45, 2.75) is 40.3 Å². The van der Waals surface area contributed by atoms with E-state index in [4.69, 9.17) is 4.74 Å². The van der Waals surface area contributed by atoms with Gasteiger partial charge < -0.3 is 13.9 Å². The van der Waals surface area contributed by atoms with Crippen LogP contribution in [0.15, 0.2) is 40.5 Å². The Labute approximate surface area is 177 Å². The zero-order chi connectivity index (χ0) is 21.8. The number of carbonyl (C=O) groups is 2. The lowest BCUT2D eigenvalue weighted by atomic mass is 10.1. The molecule has 0 saturated heterocycles. The molecule has 3 aromatic rings. The highest BCUT2D eigenvalue weighted by molar-refractivity contribution is 7.07. The molecule has 6 nitrogen and oxygen atoms in total. The molecule has 0 unspecified atom stereocenters. The Morgan fingerprint density at radius 2 is 1.77 bits per heavy atom. The number of carbonyl (C=O) groups excluding carboxylic acids is 2. The Bertz CT molecular complexity index is 1130. The van der Waals surface area contributed by atoms with Crippen LogP contribution in [0.1, 0.15) is 39.4 Å². The van der Waals surface area contributed by atoms with Gasteiger partial charge in [0, 0.05) is 41.1 Å². The number of aromatic nitrogens is 2. The normalized spacial score (nSPS) is 10.9. The summed E-state index contributed by atoms with van der Waals surface area (Å²) in [7, 11) is 0. The third kappa shape index (κ3) is 4.94. The van der Waals surface area contributed by atoms with Gasteiger partial charge in [0.05, 0.1) is 6.42 Å². The molecule has 0 bridgehead atoms. The summed E-state index contributed by atoms with van der Waals surface area (Å²) in [6.45, 7) is 5.91. The van der Waals surface area contributed by atoms with Gasteiger partial charge in [-0.3, -0.25) is 14.4 Å². The monoisotopic (exact) mass is 430 g/mol. The van der Waals surface area contributed by atoms with E-state index in [1.807, 2.05) is 18.4 Å². The molecule has 0 fully saturated rings. The number of thiazole rings is 1. The third-order valence-corrected chi connectivity index (χ3v) is 5.89. The summed E-state index contributed by atoms with van der Waals surface area (Å²) in [4.78, 5) is 36.1. The van der Waals surface area contributed by atoms with E-state index in [-0.39, 0.29) is 36.0 Å². The largest absolute Gasteiger partial charge is 0.457 e. The van der Waals surface area contributed by atoms with Crippen LogP contribution in [-0.2, 0) is 22.6 Å². The van der Waals surface area contributed by atoms with Gasteiger partial charge in [-0.2, -0.15) is 0 Å². The van der Waals surface area contributed by atoms with Gasteiger partial charge in [-0.05, 0) is 44.5 Å². The number of hydrogen-bond acceptors (Lipinski definition) is 5. The summed E-state index contributed by atoms with van der Waals surface area (Å²) in [5.41, 5.74) is 3.86. The highest BCUT2D eigenvalue weighted by Crippen LogP contribution is 2.18. The lowest BCUT2D eigenvalue weighted by molar-refractivity contribution is -0.142. The second-order valence-corrected chi connectivity index (χ2v) is 7.95. The first kappa shape index (κ1) is 21.7. The molecule has 0 aliphatic rings. The molecule has 0 amide bonds. The van der Waals surface area contributed by atoms with E-state index in [2.05, 4.69) is 0 Å². The van der Waals surface area contributed by atoms with Gasteiger partial charge >= 0.3 is 10.8 Å². The molecule has 0 aliphatic carbocycles. The molecule has 2 aromatic heterocycles. The quantitative estimate of drug-likeness (QED) is 0.404. The van der Waals surface area contributed by atoms with E-state index in [9.17, 15) is 18.8 Å². The summed E-state index contributed by atoms with van der Waals surface area (Å²) in [6, 6.07) is 7.99. The van der Waals surface area contributed by atoms with E-state index >= 15 is 0 Å².